The zero-order chi connectivity index (χ0) is 19.5. The smallest absolute Gasteiger partial charge is 0.322 e. The Bertz CT molecular complexity index is 956. The maximum Gasteiger partial charge on any atom is 0.322 e. The number of aromatic amines is 1. The predicted octanol–water partition coefficient (Wildman–Crippen LogP) is 2.67. The summed E-state index contributed by atoms with van der Waals surface area (Å²) in [5, 5.41) is 0.456. The Hall–Kier alpha value is -2.29. The predicted molar refractivity (Wildman–Crippen MR) is 109 cm³/mol. The molecule has 148 valence electrons. The van der Waals surface area contributed by atoms with E-state index in [-0.39, 0.29) is 0 Å². The number of pyridine rings is 1. The zero-order valence-corrected chi connectivity index (χ0v) is 16.9. The zero-order valence-electron chi connectivity index (χ0n) is 16.1. The van der Waals surface area contributed by atoms with Crippen LogP contribution in [0.15, 0.2) is 35.6 Å². The van der Waals surface area contributed by atoms with Crippen molar-refractivity contribution in [1.82, 2.24) is 15.0 Å². The standard InChI is InChI=1S/C20H24N4O3S/c1-3-14-12-21-15(10-19(14)24-6-8-27-9-7-24)13-28(25)20-22-17-5-4-16(26-2)11-18(17)23-20/h4-5,10-12H,3,6-9,13H2,1-2H3,(H,22,23). The Balaban J connectivity index is 1.56. The number of aromatic nitrogens is 3. The molecule has 1 saturated heterocycles. The third-order valence-electron chi connectivity index (χ3n) is 4.91. The van der Waals surface area contributed by atoms with Crippen LogP contribution in [0.4, 0.5) is 5.69 Å². The number of anilines is 1. The van der Waals surface area contributed by atoms with Gasteiger partial charge in [-0.25, -0.2) is 0 Å². The lowest BCUT2D eigenvalue weighted by molar-refractivity contribution is 0.122. The molecular weight excluding hydrogens is 376 g/mol. The number of methoxy groups -OCH3 is 1. The minimum Gasteiger partial charge on any atom is -0.609 e. The first-order valence-corrected chi connectivity index (χ1v) is 10.7. The second-order valence-electron chi connectivity index (χ2n) is 6.67. The Labute approximate surface area is 167 Å². The Morgan fingerprint density at radius 1 is 1.29 bits per heavy atom. The van der Waals surface area contributed by atoms with E-state index in [1.165, 1.54) is 11.3 Å². The molecule has 0 spiro atoms. The fourth-order valence-corrected chi connectivity index (χ4v) is 4.35. The van der Waals surface area contributed by atoms with Gasteiger partial charge in [0.05, 0.1) is 37.1 Å². The molecule has 0 saturated carbocycles. The molecule has 0 radical (unpaired) electrons. The second kappa shape index (κ2) is 8.38. The fourth-order valence-electron chi connectivity index (χ4n) is 3.36. The van der Waals surface area contributed by atoms with E-state index in [2.05, 4.69) is 32.8 Å². The minimum atomic E-state index is -1.31. The summed E-state index contributed by atoms with van der Waals surface area (Å²) < 4.78 is 23.6. The summed E-state index contributed by atoms with van der Waals surface area (Å²) in [7, 11) is 1.62. The van der Waals surface area contributed by atoms with Crippen LogP contribution in [0.1, 0.15) is 18.2 Å². The molecule has 1 fully saturated rings. The number of fused-ring (bicyclic) bond motifs is 1. The van der Waals surface area contributed by atoms with Crippen molar-refractivity contribution in [3.63, 3.8) is 0 Å². The van der Waals surface area contributed by atoms with Crippen LogP contribution in [0.2, 0.25) is 0 Å². The summed E-state index contributed by atoms with van der Waals surface area (Å²) in [5.74, 6) is 1.04. The third-order valence-corrected chi connectivity index (χ3v) is 6.10. The van der Waals surface area contributed by atoms with Crippen LogP contribution in [0, 0.1) is 0 Å². The summed E-state index contributed by atoms with van der Waals surface area (Å²) in [6.07, 6.45) is 2.81. The molecule has 1 unspecified atom stereocenters. The first kappa shape index (κ1) is 19.0. The maximum absolute atomic E-state index is 12.9. The Morgan fingerprint density at radius 3 is 2.86 bits per heavy atom. The number of H-pyrrole nitrogens is 1. The third kappa shape index (κ3) is 3.94. The normalized spacial score (nSPS) is 15.8. The highest BCUT2D eigenvalue weighted by Crippen LogP contribution is 2.25. The second-order valence-corrected chi connectivity index (χ2v) is 8.04. The van der Waals surface area contributed by atoms with Crippen molar-refractivity contribution in [3.8, 4) is 5.75 Å². The van der Waals surface area contributed by atoms with Gasteiger partial charge in [0.2, 0.25) is 0 Å². The number of hydrogen-bond donors (Lipinski definition) is 1. The van der Waals surface area contributed by atoms with Crippen molar-refractivity contribution in [2.45, 2.75) is 24.3 Å². The molecule has 1 aliphatic rings. The lowest BCUT2D eigenvalue weighted by Gasteiger charge is -2.30. The van der Waals surface area contributed by atoms with Gasteiger partial charge in [-0.2, -0.15) is 4.98 Å². The van der Waals surface area contributed by atoms with E-state index in [1.807, 2.05) is 24.4 Å². The number of benzene rings is 1. The Morgan fingerprint density at radius 2 is 2.11 bits per heavy atom. The molecule has 4 rings (SSSR count). The number of nitrogens with one attached hydrogen (secondary N) is 1. The maximum atomic E-state index is 12.9. The summed E-state index contributed by atoms with van der Waals surface area (Å²) in [6, 6.07) is 7.63. The molecule has 1 atom stereocenters. The van der Waals surface area contributed by atoms with E-state index in [0.29, 0.717) is 10.9 Å². The lowest BCUT2D eigenvalue weighted by Crippen LogP contribution is -2.37. The van der Waals surface area contributed by atoms with Crippen molar-refractivity contribution in [3.05, 3.63) is 41.7 Å². The molecule has 1 aliphatic heterocycles. The van der Waals surface area contributed by atoms with Crippen LogP contribution in [0.5, 0.6) is 5.75 Å². The average Bonchev–Trinajstić information content (AvgIpc) is 3.17. The fraction of sp³-hybridized carbons (Fsp3) is 0.400. The molecule has 0 bridgehead atoms. The van der Waals surface area contributed by atoms with E-state index >= 15 is 0 Å². The summed E-state index contributed by atoms with van der Waals surface area (Å²) >= 11 is -1.31. The number of ether oxygens (including phenoxy) is 2. The van der Waals surface area contributed by atoms with E-state index in [4.69, 9.17) is 9.47 Å². The number of imidazole rings is 1. The van der Waals surface area contributed by atoms with E-state index in [0.717, 1.165) is 55.2 Å². The van der Waals surface area contributed by atoms with Gasteiger partial charge in [0.25, 0.3) is 0 Å². The van der Waals surface area contributed by atoms with Gasteiger partial charge in [-0.15, -0.1) is 0 Å². The quantitative estimate of drug-likeness (QED) is 0.640. The molecule has 8 heteroatoms. The average molecular weight is 401 g/mol. The molecule has 28 heavy (non-hydrogen) atoms. The van der Waals surface area contributed by atoms with Crippen LogP contribution in [-0.4, -0.2) is 52.9 Å². The van der Waals surface area contributed by atoms with Crippen molar-refractivity contribution in [2.75, 3.05) is 38.3 Å². The SMILES string of the molecule is CCc1cnc(C[S+]([O-])c2nc3cc(OC)ccc3[nH]2)cc1N1CCOCC1. The lowest BCUT2D eigenvalue weighted by atomic mass is 10.1. The van der Waals surface area contributed by atoms with Gasteiger partial charge in [0.15, 0.2) is 5.75 Å². The van der Waals surface area contributed by atoms with Gasteiger partial charge < -0.3 is 18.9 Å². The highest BCUT2D eigenvalue weighted by atomic mass is 32.2. The Kier molecular flexibility index (Phi) is 5.70. The largest absolute Gasteiger partial charge is 0.609 e. The molecule has 3 heterocycles. The molecular formula is C20H24N4O3S. The van der Waals surface area contributed by atoms with Gasteiger partial charge in [-0.1, -0.05) is 6.92 Å². The van der Waals surface area contributed by atoms with Crippen LogP contribution in [-0.2, 0) is 28.1 Å². The first-order chi connectivity index (χ1) is 13.7. The molecule has 0 aliphatic carbocycles. The van der Waals surface area contributed by atoms with Crippen LogP contribution in [0.3, 0.4) is 0 Å². The monoisotopic (exact) mass is 400 g/mol. The van der Waals surface area contributed by atoms with Gasteiger partial charge in [-0.05, 0) is 30.2 Å². The molecule has 1 aromatic carbocycles. The highest BCUT2D eigenvalue weighted by molar-refractivity contribution is 7.90. The topological polar surface area (TPSA) is 86.3 Å². The van der Waals surface area contributed by atoms with Crippen molar-refractivity contribution < 1.29 is 14.0 Å². The minimum absolute atomic E-state index is 0.318. The number of rotatable bonds is 6. The van der Waals surface area contributed by atoms with Crippen LogP contribution < -0.4 is 9.64 Å². The molecule has 2 aromatic heterocycles. The molecule has 1 N–H and O–H groups in total. The highest BCUT2D eigenvalue weighted by Gasteiger charge is 2.21. The molecule has 7 nitrogen and oxygen atoms in total. The van der Waals surface area contributed by atoms with Crippen molar-refractivity contribution in [2.24, 2.45) is 0 Å². The van der Waals surface area contributed by atoms with Crippen LogP contribution >= 0.6 is 0 Å². The molecule has 3 aromatic rings. The molecule has 0 amide bonds. The van der Waals surface area contributed by atoms with Gasteiger partial charge in [0, 0.05) is 42.2 Å². The van der Waals surface area contributed by atoms with Crippen molar-refractivity contribution >= 4 is 27.9 Å². The summed E-state index contributed by atoms with van der Waals surface area (Å²) in [5.41, 5.74) is 4.75. The van der Waals surface area contributed by atoms with E-state index < -0.39 is 11.2 Å². The van der Waals surface area contributed by atoms with Crippen LogP contribution in [0.25, 0.3) is 11.0 Å². The van der Waals surface area contributed by atoms with E-state index in [9.17, 15) is 4.55 Å². The van der Waals surface area contributed by atoms with Gasteiger partial charge in [0.1, 0.15) is 5.75 Å². The van der Waals surface area contributed by atoms with Gasteiger partial charge >= 0.3 is 5.16 Å². The summed E-state index contributed by atoms with van der Waals surface area (Å²) in [4.78, 5) is 14.5. The van der Waals surface area contributed by atoms with Crippen molar-refractivity contribution in [1.29, 1.82) is 0 Å². The number of hydrogen-bond acceptors (Lipinski definition) is 6. The number of nitrogens with zero attached hydrogens (tertiary/aromatic N) is 3. The number of morpholine rings is 1. The van der Waals surface area contributed by atoms with Gasteiger partial charge in [-0.3, -0.25) is 9.97 Å². The van der Waals surface area contributed by atoms with E-state index in [1.54, 1.807) is 7.11 Å². The number of aryl methyl sites for hydroxylation is 1. The first-order valence-electron chi connectivity index (χ1n) is 9.40. The summed E-state index contributed by atoms with van der Waals surface area (Å²) in [6.45, 7) is 5.32.